The molecule has 3 rings (SSSR count). The number of carbonyl (C=O) groups is 2. The Labute approximate surface area is 173 Å². The highest BCUT2D eigenvalue weighted by molar-refractivity contribution is 9.10. The summed E-state index contributed by atoms with van der Waals surface area (Å²) >= 11 is 6.71. The fourth-order valence-electron chi connectivity index (χ4n) is 2.53. The molecule has 2 N–H and O–H groups in total. The molecule has 1 heterocycles. The molecule has 0 atom stereocenters. The van der Waals surface area contributed by atoms with E-state index in [0.717, 1.165) is 21.3 Å². The maximum atomic E-state index is 12.2. The molecule has 0 fully saturated rings. The molecule has 0 saturated carbocycles. The minimum atomic E-state index is -0.640. The largest absolute Gasteiger partial charge is 0.327 e. The van der Waals surface area contributed by atoms with Gasteiger partial charge in [-0.15, -0.1) is 0 Å². The summed E-state index contributed by atoms with van der Waals surface area (Å²) in [5, 5.41) is 4.88. The zero-order chi connectivity index (χ0) is 19.4. The monoisotopic (exact) mass is 487 g/mol. The van der Waals surface area contributed by atoms with Crippen molar-refractivity contribution in [2.24, 2.45) is 0 Å². The lowest BCUT2D eigenvalue weighted by atomic mass is 10.0. The molecule has 3 amide bonds. The summed E-state index contributed by atoms with van der Waals surface area (Å²) in [4.78, 5) is 28.7. The zero-order valence-corrected chi connectivity index (χ0v) is 17.5. The first-order valence-corrected chi connectivity index (χ1v) is 9.63. The third kappa shape index (κ3) is 4.81. The quantitative estimate of drug-likeness (QED) is 0.508. The molecule has 0 unspecified atom stereocenters. The van der Waals surface area contributed by atoms with Crippen molar-refractivity contribution in [3.63, 3.8) is 0 Å². The van der Waals surface area contributed by atoms with Gasteiger partial charge in [0.05, 0.1) is 5.56 Å². The van der Waals surface area contributed by atoms with E-state index in [9.17, 15) is 9.59 Å². The Balaban J connectivity index is 1.69. The van der Waals surface area contributed by atoms with E-state index in [2.05, 4.69) is 47.5 Å². The van der Waals surface area contributed by atoms with Gasteiger partial charge in [-0.2, -0.15) is 0 Å². The summed E-state index contributed by atoms with van der Waals surface area (Å²) in [6.07, 6.45) is 0. The van der Waals surface area contributed by atoms with Crippen LogP contribution in [0.25, 0.3) is 11.1 Å². The summed E-state index contributed by atoms with van der Waals surface area (Å²) in [7, 11) is 0. The number of imide groups is 1. The predicted molar refractivity (Wildman–Crippen MR) is 113 cm³/mol. The average Bonchev–Trinajstić information content (AvgIpc) is 2.63. The smallest absolute Gasteiger partial charge is 0.292 e. The van der Waals surface area contributed by atoms with Gasteiger partial charge in [-0.25, -0.2) is 9.78 Å². The number of carbonyl (C=O) groups excluding carboxylic acids is 2. The second-order valence-corrected chi connectivity index (χ2v) is 7.49. The van der Waals surface area contributed by atoms with Crippen molar-refractivity contribution in [1.82, 2.24) is 10.3 Å². The number of rotatable bonds is 3. The van der Waals surface area contributed by atoms with E-state index >= 15 is 0 Å². The first-order chi connectivity index (χ1) is 12.9. The zero-order valence-electron chi connectivity index (χ0n) is 14.3. The number of aromatic nitrogens is 1. The van der Waals surface area contributed by atoms with E-state index in [4.69, 9.17) is 0 Å². The van der Waals surface area contributed by atoms with Crippen LogP contribution in [0.4, 0.5) is 10.6 Å². The van der Waals surface area contributed by atoms with Gasteiger partial charge in [-0.05, 0) is 64.8 Å². The molecule has 0 saturated heterocycles. The highest BCUT2D eigenvalue weighted by Crippen LogP contribution is 2.25. The number of halogens is 2. The van der Waals surface area contributed by atoms with Crippen LogP contribution in [0.2, 0.25) is 0 Å². The fourth-order valence-corrected chi connectivity index (χ4v) is 3.26. The molecule has 0 radical (unpaired) electrons. The number of hydrogen-bond acceptors (Lipinski definition) is 3. The van der Waals surface area contributed by atoms with Gasteiger partial charge < -0.3 is 0 Å². The van der Waals surface area contributed by atoms with Crippen LogP contribution in [-0.2, 0) is 0 Å². The second-order valence-electron chi connectivity index (χ2n) is 5.72. The van der Waals surface area contributed by atoms with Crippen molar-refractivity contribution in [1.29, 1.82) is 0 Å². The lowest BCUT2D eigenvalue weighted by molar-refractivity contribution is 0.0966. The summed E-state index contributed by atoms with van der Waals surface area (Å²) in [6.45, 7) is 1.87. The Bertz CT molecular complexity index is 1000. The van der Waals surface area contributed by atoms with Crippen LogP contribution in [0, 0.1) is 6.92 Å². The lowest BCUT2D eigenvalue weighted by Gasteiger charge is -2.10. The number of anilines is 1. The van der Waals surface area contributed by atoms with E-state index in [0.29, 0.717) is 15.9 Å². The van der Waals surface area contributed by atoms with Crippen molar-refractivity contribution < 1.29 is 9.59 Å². The fraction of sp³-hybridized carbons (Fsp3) is 0.0500. The first kappa shape index (κ1) is 19.3. The van der Waals surface area contributed by atoms with Gasteiger partial charge in [0.1, 0.15) is 5.82 Å². The summed E-state index contributed by atoms with van der Waals surface area (Å²) in [5.41, 5.74) is 3.15. The summed E-state index contributed by atoms with van der Waals surface area (Å²) < 4.78 is 1.62. The molecule has 0 spiro atoms. The van der Waals surface area contributed by atoms with Gasteiger partial charge in [0.15, 0.2) is 0 Å². The number of benzene rings is 2. The molecule has 0 aliphatic carbocycles. The first-order valence-electron chi connectivity index (χ1n) is 8.04. The molecule has 3 aromatic rings. The van der Waals surface area contributed by atoms with Crippen molar-refractivity contribution in [2.75, 3.05) is 5.32 Å². The SMILES string of the molecule is Cc1nc(NC(=O)NC(=O)c2ccccc2Br)ccc1-c1ccc(Br)cc1. The lowest BCUT2D eigenvalue weighted by Crippen LogP contribution is -2.34. The van der Waals surface area contributed by atoms with Gasteiger partial charge >= 0.3 is 6.03 Å². The molecular weight excluding hydrogens is 474 g/mol. The topological polar surface area (TPSA) is 71.1 Å². The molecule has 1 aromatic heterocycles. The molecule has 2 aromatic carbocycles. The maximum Gasteiger partial charge on any atom is 0.327 e. The number of aryl methyl sites for hydroxylation is 1. The normalized spacial score (nSPS) is 10.3. The molecule has 5 nitrogen and oxygen atoms in total. The Morgan fingerprint density at radius 3 is 2.30 bits per heavy atom. The van der Waals surface area contributed by atoms with Crippen LogP contribution in [0.1, 0.15) is 16.1 Å². The van der Waals surface area contributed by atoms with Gasteiger partial charge in [0, 0.05) is 20.2 Å². The molecule has 0 bridgehead atoms. The van der Waals surface area contributed by atoms with Crippen LogP contribution < -0.4 is 10.6 Å². The Hall–Kier alpha value is -2.51. The van der Waals surface area contributed by atoms with Crippen LogP contribution in [0.15, 0.2) is 69.6 Å². The van der Waals surface area contributed by atoms with E-state index in [1.54, 1.807) is 30.3 Å². The summed E-state index contributed by atoms with van der Waals surface area (Å²) in [6, 6.07) is 17.7. The van der Waals surface area contributed by atoms with Gasteiger partial charge in [0.2, 0.25) is 0 Å². The molecule has 7 heteroatoms. The van der Waals surface area contributed by atoms with Gasteiger partial charge in [0.25, 0.3) is 5.91 Å². The Morgan fingerprint density at radius 1 is 0.926 bits per heavy atom. The molecule has 27 heavy (non-hydrogen) atoms. The standard InChI is InChI=1S/C20H15Br2N3O2/c1-12-15(13-6-8-14(21)9-7-13)10-11-18(23-12)24-20(27)25-19(26)16-4-2-3-5-17(16)22/h2-11H,1H3,(H2,23,24,25,26,27). The molecule has 0 aliphatic rings. The van der Waals surface area contributed by atoms with E-state index in [1.807, 2.05) is 37.3 Å². The van der Waals surface area contributed by atoms with Gasteiger partial charge in [-0.3, -0.25) is 15.4 Å². The second kappa shape index (κ2) is 8.45. The van der Waals surface area contributed by atoms with Crippen LogP contribution in [-0.4, -0.2) is 16.9 Å². The van der Waals surface area contributed by atoms with Gasteiger partial charge in [-0.1, -0.05) is 40.2 Å². The van der Waals surface area contributed by atoms with Crippen molar-refractivity contribution in [3.8, 4) is 11.1 Å². The van der Waals surface area contributed by atoms with Crippen LogP contribution in [0.3, 0.4) is 0 Å². The van der Waals surface area contributed by atoms with Crippen LogP contribution in [0.5, 0.6) is 0 Å². The maximum absolute atomic E-state index is 12.2. The Kier molecular flexibility index (Phi) is 6.03. The number of amides is 3. The molecule has 0 aliphatic heterocycles. The minimum Gasteiger partial charge on any atom is -0.292 e. The minimum absolute atomic E-state index is 0.366. The third-order valence-corrected chi connectivity index (χ3v) is 5.05. The van der Waals surface area contributed by atoms with E-state index in [1.165, 1.54) is 0 Å². The van der Waals surface area contributed by atoms with Crippen molar-refractivity contribution in [3.05, 3.63) is 80.9 Å². The number of hydrogen-bond donors (Lipinski definition) is 2. The average molecular weight is 489 g/mol. The molecule has 136 valence electrons. The number of nitrogens with one attached hydrogen (secondary N) is 2. The van der Waals surface area contributed by atoms with E-state index < -0.39 is 11.9 Å². The van der Waals surface area contributed by atoms with Crippen molar-refractivity contribution >= 4 is 49.6 Å². The number of urea groups is 1. The molecular formula is C20H15Br2N3O2. The third-order valence-electron chi connectivity index (χ3n) is 3.83. The highest BCUT2D eigenvalue weighted by Gasteiger charge is 2.14. The van der Waals surface area contributed by atoms with Crippen molar-refractivity contribution in [2.45, 2.75) is 6.92 Å². The highest BCUT2D eigenvalue weighted by atomic mass is 79.9. The van der Waals surface area contributed by atoms with E-state index in [-0.39, 0.29) is 0 Å². The Morgan fingerprint density at radius 2 is 1.63 bits per heavy atom. The number of nitrogens with zero attached hydrogens (tertiary/aromatic N) is 1. The number of pyridine rings is 1. The van der Waals surface area contributed by atoms with Crippen LogP contribution >= 0.6 is 31.9 Å². The summed E-state index contributed by atoms with van der Waals surface area (Å²) in [5.74, 6) is -0.131. The predicted octanol–water partition coefficient (Wildman–Crippen LogP) is 5.54.